The van der Waals surface area contributed by atoms with Crippen molar-refractivity contribution in [1.82, 2.24) is 0 Å². The van der Waals surface area contributed by atoms with Gasteiger partial charge in [-0.15, -0.1) is 0 Å². The van der Waals surface area contributed by atoms with E-state index in [2.05, 4.69) is 15.9 Å². The van der Waals surface area contributed by atoms with Crippen molar-refractivity contribution in [3.05, 3.63) is 63.9 Å². The van der Waals surface area contributed by atoms with E-state index in [1.54, 1.807) is 18.2 Å². The van der Waals surface area contributed by atoms with Gasteiger partial charge >= 0.3 is 0 Å². The lowest BCUT2D eigenvalue weighted by molar-refractivity contribution is 0.278. The van der Waals surface area contributed by atoms with Gasteiger partial charge in [0.25, 0.3) is 0 Å². The highest BCUT2D eigenvalue weighted by atomic mass is 79.9. The smallest absolute Gasteiger partial charge is 0.123 e. The lowest BCUT2D eigenvalue weighted by Gasteiger charge is -2.09. The summed E-state index contributed by atoms with van der Waals surface area (Å²) in [5.41, 5.74) is 1.52. The third-order valence-corrected chi connectivity index (χ3v) is 3.26. The fraction of sp³-hybridized carbons (Fsp3) is 0.143. The number of aliphatic hydroxyl groups is 1. The molecule has 18 heavy (non-hydrogen) atoms. The molecule has 0 fully saturated rings. The summed E-state index contributed by atoms with van der Waals surface area (Å²) in [7, 11) is 0. The second-order valence-electron chi connectivity index (χ2n) is 3.83. The molecule has 0 spiro atoms. The van der Waals surface area contributed by atoms with Gasteiger partial charge in [0, 0.05) is 10.0 Å². The molecule has 0 amide bonds. The van der Waals surface area contributed by atoms with Crippen LogP contribution in [0.15, 0.2) is 46.9 Å². The van der Waals surface area contributed by atoms with E-state index in [0.717, 1.165) is 15.6 Å². The number of hydrogen-bond donors (Lipinski definition) is 1. The Morgan fingerprint density at radius 3 is 2.78 bits per heavy atom. The first-order valence-corrected chi connectivity index (χ1v) is 6.25. The molecule has 0 aromatic heterocycles. The van der Waals surface area contributed by atoms with Crippen molar-refractivity contribution in [3.8, 4) is 5.75 Å². The van der Waals surface area contributed by atoms with Crippen molar-refractivity contribution in [2.75, 3.05) is 0 Å². The topological polar surface area (TPSA) is 29.5 Å². The first kappa shape index (κ1) is 13.1. The van der Waals surface area contributed by atoms with Crippen molar-refractivity contribution >= 4 is 15.9 Å². The highest BCUT2D eigenvalue weighted by Gasteiger charge is 2.03. The zero-order chi connectivity index (χ0) is 13.0. The minimum absolute atomic E-state index is 0.0269. The van der Waals surface area contributed by atoms with Gasteiger partial charge in [0.15, 0.2) is 0 Å². The van der Waals surface area contributed by atoms with E-state index in [1.807, 2.05) is 12.1 Å². The molecule has 0 radical (unpaired) electrons. The summed E-state index contributed by atoms with van der Waals surface area (Å²) >= 11 is 3.35. The van der Waals surface area contributed by atoms with E-state index >= 15 is 0 Å². The quantitative estimate of drug-likeness (QED) is 0.934. The number of benzene rings is 2. The van der Waals surface area contributed by atoms with E-state index in [4.69, 9.17) is 9.84 Å². The monoisotopic (exact) mass is 310 g/mol. The van der Waals surface area contributed by atoms with E-state index in [0.29, 0.717) is 5.75 Å². The first-order valence-electron chi connectivity index (χ1n) is 5.45. The van der Waals surface area contributed by atoms with Crippen LogP contribution in [-0.2, 0) is 13.2 Å². The zero-order valence-corrected chi connectivity index (χ0v) is 11.2. The minimum Gasteiger partial charge on any atom is -0.489 e. The molecular formula is C14H12BrFO2. The molecule has 0 aliphatic rings. The highest BCUT2D eigenvalue weighted by Crippen LogP contribution is 2.21. The SMILES string of the molecule is OCc1cccc(OCc2cc(F)ccc2Br)c1. The third kappa shape index (κ3) is 3.31. The van der Waals surface area contributed by atoms with Crippen LogP contribution in [0.4, 0.5) is 4.39 Å². The molecule has 0 saturated heterocycles. The van der Waals surface area contributed by atoms with Gasteiger partial charge in [0.1, 0.15) is 18.2 Å². The van der Waals surface area contributed by atoms with Gasteiger partial charge in [-0.1, -0.05) is 28.1 Å². The van der Waals surface area contributed by atoms with Crippen LogP contribution in [-0.4, -0.2) is 5.11 Å². The van der Waals surface area contributed by atoms with Crippen LogP contribution >= 0.6 is 15.9 Å². The van der Waals surface area contributed by atoms with Crippen LogP contribution in [0.3, 0.4) is 0 Å². The summed E-state index contributed by atoms with van der Waals surface area (Å²) in [6.45, 7) is 0.244. The van der Waals surface area contributed by atoms with E-state index in [1.165, 1.54) is 12.1 Å². The van der Waals surface area contributed by atoms with Gasteiger partial charge in [-0.3, -0.25) is 0 Å². The maximum atomic E-state index is 13.1. The molecule has 2 rings (SSSR count). The molecular weight excluding hydrogens is 299 g/mol. The molecule has 2 nitrogen and oxygen atoms in total. The summed E-state index contributed by atoms with van der Waals surface area (Å²) in [6, 6.07) is 11.6. The van der Waals surface area contributed by atoms with Crippen LogP contribution in [0.1, 0.15) is 11.1 Å². The molecule has 0 bridgehead atoms. The Bertz CT molecular complexity index is 543. The molecule has 0 heterocycles. The molecule has 0 saturated carbocycles. The van der Waals surface area contributed by atoms with Crippen LogP contribution in [0.5, 0.6) is 5.75 Å². The Balaban J connectivity index is 2.08. The summed E-state index contributed by atoms with van der Waals surface area (Å²) in [5, 5.41) is 9.02. The molecule has 0 atom stereocenters. The Hall–Kier alpha value is -1.39. The van der Waals surface area contributed by atoms with Gasteiger partial charge in [-0.05, 0) is 35.9 Å². The Morgan fingerprint density at radius 2 is 2.00 bits per heavy atom. The molecule has 4 heteroatoms. The molecule has 94 valence electrons. The van der Waals surface area contributed by atoms with Crippen LogP contribution in [0, 0.1) is 5.82 Å². The Labute approximate surface area is 113 Å². The fourth-order valence-corrected chi connectivity index (χ4v) is 1.91. The maximum absolute atomic E-state index is 13.1. The predicted octanol–water partition coefficient (Wildman–Crippen LogP) is 3.66. The standard InChI is InChI=1S/C14H12BrFO2/c15-14-5-4-12(16)7-11(14)9-18-13-3-1-2-10(6-13)8-17/h1-7,17H,8-9H2. The fourth-order valence-electron chi connectivity index (χ4n) is 1.55. The summed E-state index contributed by atoms with van der Waals surface area (Å²) < 4.78 is 19.5. The maximum Gasteiger partial charge on any atom is 0.123 e. The summed E-state index contributed by atoms with van der Waals surface area (Å²) in [6.07, 6.45) is 0. The average Bonchev–Trinajstić information content (AvgIpc) is 2.40. The molecule has 1 N–H and O–H groups in total. The van der Waals surface area contributed by atoms with Gasteiger partial charge < -0.3 is 9.84 Å². The van der Waals surface area contributed by atoms with E-state index in [9.17, 15) is 4.39 Å². The average molecular weight is 311 g/mol. The van der Waals surface area contributed by atoms with Crippen LogP contribution in [0.25, 0.3) is 0 Å². The summed E-state index contributed by atoms with van der Waals surface area (Å²) in [4.78, 5) is 0. The number of ether oxygens (including phenoxy) is 1. The van der Waals surface area contributed by atoms with Crippen LogP contribution < -0.4 is 4.74 Å². The number of rotatable bonds is 4. The van der Waals surface area contributed by atoms with Crippen molar-refractivity contribution in [2.45, 2.75) is 13.2 Å². The third-order valence-electron chi connectivity index (χ3n) is 2.48. The van der Waals surface area contributed by atoms with Crippen molar-refractivity contribution < 1.29 is 14.2 Å². The molecule has 0 aliphatic heterocycles. The normalized spacial score (nSPS) is 10.4. The predicted molar refractivity (Wildman–Crippen MR) is 70.8 cm³/mol. The molecule has 0 unspecified atom stereocenters. The van der Waals surface area contributed by atoms with Crippen molar-refractivity contribution in [3.63, 3.8) is 0 Å². The molecule has 0 aliphatic carbocycles. The van der Waals surface area contributed by atoms with Crippen molar-refractivity contribution in [1.29, 1.82) is 0 Å². The highest BCUT2D eigenvalue weighted by molar-refractivity contribution is 9.10. The van der Waals surface area contributed by atoms with E-state index < -0.39 is 0 Å². The second kappa shape index (κ2) is 5.98. The molecule has 2 aromatic rings. The number of hydrogen-bond acceptors (Lipinski definition) is 2. The lowest BCUT2D eigenvalue weighted by atomic mass is 10.2. The van der Waals surface area contributed by atoms with Gasteiger partial charge in [-0.25, -0.2) is 4.39 Å². The van der Waals surface area contributed by atoms with Gasteiger partial charge in [0.2, 0.25) is 0 Å². The summed E-state index contributed by atoms with van der Waals surface area (Å²) in [5.74, 6) is 0.360. The van der Waals surface area contributed by atoms with Gasteiger partial charge in [0.05, 0.1) is 6.61 Å². The number of aliphatic hydroxyl groups excluding tert-OH is 1. The van der Waals surface area contributed by atoms with E-state index in [-0.39, 0.29) is 19.0 Å². The molecule has 2 aromatic carbocycles. The van der Waals surface area contributed by atoms with Crippen LogP contribution in [0.2, 0.25) is 0 Å². The van der Waals surface area contributed by atoms with Crippen molar-refractivity contribution in [2.24, 2.45) is 0 Å². The lowest BCUT2D eigenvalue weighted by Crippen LogP contribution is -1.97. The first-order chi connectivity index (χ1) is 8.69. The van der Waals surface area contributed by atoms with Gasteiger partial charge in [-0.2, -0.15) is 0 Å². The second-order valence-corrected chi connectivity index (χ2v) is 4.68. The number of halogens is 2. The minimum atomic E-state index is -0.291. The largest absolute Gasteiger partial charge is 0.489 e. The Kier molecular flexibility index (Phi) is 4.33. The Morgan fingerprint density at radius 1 is 1.17 bits per heavy atom. The zero-order valence-electron chi connectivity index (χ0n) is 9.57.